The molecule has 1 aliphatic rings. The molecule has 1 aromatic heterocycles. The van der Waals surface area contributed by atoms with Crippen molar-refractivity contribution in [2.24, 2.45) is 0 Å². The first-order valence-corrected chi connectivity index (χ1v) is 9.37. The van der Waals surface area contributed by atoms with Crippen molar-refractivity contribution in [2.75, 3.05) is 6.54 Å². The van der Waals surface area contributed by atoms with Gasteiger partial charge in [0.2, 0.25) is 0 Å². The average molecular weight is 390 g/mol. The van der Waals surface area contributed by atoms with Gasteiger partial charge in [0.15, 0.2) is 11.8 Å². The summed E-state index contributed by atoms with van der Waals surface area (Å²) in [7, 11) is 0. The summed E-state index contributed by atoms with van der Waals surface area (Å²) >= 11 is 0. The Morgan fingerprint density at radius 1 is 0.897 bits per heavy atom. The molecule has 1 amide bonds. The molecule has 5 nitrogen and oxygen atoms in total. The highest BCUT2D eigenvalue weighted by Crippen LogP contribution is 2.23. The molecule has 3 aromatic rings. The Morgan fingerprint density at radius 2 is 1.59 bits per heavy atom. The van der Waals surface area contributed by atoms with E-state index in [1.165, 1.54) is 42.1 Å². The number of pyridine rings is 1. The van der Waals surface area contributed by atoms with Crippen LogP contribution in [0.2, 0.25) is 0 Å². The molecule has 1 aliphatic heterocycles. The number of fused-ring (bicyclic) bond motifs is 1. The zero-order valence-electron chi connectivity index (χ0n) is 15.6. The molecule has 146 valence electrons. The molecule has 0 bridgehead atoms. The Bertz CT molecular complexity index is 1120. The van der Waals surface area contributed by atoms with Crippen molar-refractivity contribution in [1.29, 1.82) is 0 Å². The first-order valence-electron chi connectivity index (χ1n) is 9.37. The summed E-state index contributed by atoms with van der Waals surface area (Å²) in [5.74, 6) is -1.46. The van der Waals surface area contributed by atoms with Crippen LogP contribution in [0.4, 0.5) is 4.39 Å². The standard InChI is InChI=1S/C23H19FN2O3/c24-19-10-8-17(9-11-19)22(28)21(26-13-4-3-7-20(26)27)23(29)25-14-12-16-5-1-2-6-18(16)15-25/h1-11,13,21H,12,14-15H2/t21-/m0/s1. The first kappa shape index (κ1) is 18.8. The van der Waals surface area contributed by atoms with Gasteiger partial charge < -0.3 is 4.90 Å². The van der Waals surface area contributed by atoms with Crippen LogP contribution < -0.4 is 5.56 Å². The smallest absolute Gasteiger partial charge is 0.254 e. The maximum absolute atomic E-state index is 13.4. The number of carbonyl (C=O) groups is 2. The van der Waals surface area contributed by atoms with Gasteiger partial charge in [0, 0.05) is 30.9 Å². The van der Waals surface area contributed by atoms with Gasteiger partial charge in [-0.3, -0.25) is 19.0 Å². The van der Waals surface area contributed by atoms with Gasteiger partial charge in [-0.15, -0.1) is 0 Å². The minimum atomic E-state index is -1.33. The highest BCUT2D eigenvalue weighted by molar-refractivity contribution is 6.11. The number of halogens is 1. The summed E-state index contributed by atoms with van der Waals surface area (Å²) in [6.07, 6.45) is 2.12. The fourth-order valence-electron chi connectivity index (χ4n) is 3.64. The second kappa shape index (κ2) is 7.83. The lowest BCUT2D eigenvalue weighted by Crippen LogP contribution is -2.45. The Morgan fingerprint density at radius 3 is 2.31 bits per heavy atom. The van der Waals surface area contributed by atoms with E-state index >= 15 is 0 Å². The Hall–Kier alpha value is -3.54. The number of hydrogen-bond donors (Lipinski definition) is 0. The SMILES string of the molecule is O=C(c1ccc(F)cc1)[C@@H](C(=O)N1CCc2ccccc2C1)n1ccccc1=O. The van der Waals surface area contributed by atoms with E-state index in [-0.39, 0.29) is 5.56 Å². The zero-order valence-corrected chi connectivity index (χ0v) is 15.6. The highest BCUT2D eigenvalue weighted by atomic mass is 19.1. The number of Topliss-reactive ketones (excluding diaryl/α,β-unsaturated/α-hetero) is 1. The lowest BCUT2D eigenvalue weighted by atomic mass is 9.97. The molecule has 6 heteroatoms. The molecule has 2 aromatic carbocycles. The number of ketones is 1. The molecular weight excluding hydrogens is 371 g/mol. The fraction of sp³-hybridized carbons (Fsp3) is 0.174. The van der Waals surface area contributed by atoms with Crippen LogP contribution in [0.3, 0.4) is 0 Å². The van der Waals surface area contributed by atoms with Crippen LogP contribution in [0.1, 0.15) is 27.5 Å². The average Bonchev–Trinajstić information content (AvgIpc) is 2.75. The van der Waals surface area contributed by atoms with Gasteiger partial charge in [0.05, 0.1) is 0 Å². The number of amides is 1. The Kier molecular flexibility index (Phi) is 5.08. The predicted molar refractivity (Wildman–Crippen MR) is 106 cm³/mol. The maximum Gasteiger partial charge on any atom is 0.254 e. The number of carbonyl (C=O) groups excluding carboxylic acids is 2. The van der Waals surface area contributed by atoms with Crippen LogP contribution in [0.15, 0.2) is 77.7 Å². The van der Waals surface area contributed by atoms with Gasteiger partial charge in [-0.05, 0) is 47.9 Å². The van der Waals surface area contributed by atoms with Gasteiger partial charge in [0.1, 0.15) is 5.82 Å². The van der Waals surface area contributed by atoms with E-state index < -0.39 is 29.1 Å². The lowest BCUT2D eigenvalue weighted by Gasteiger charge is -2.32. The topological polar surface area (TPSA) is 59.4 Å². The minimum Gasteiger partial charge on any atom is -0.336 e. The summed E-state index contributed by atoms with van der Waals surface area (Å²) in [6, 6.07) is 16.0. The monoisotopic (exact) mass is 390 g/mol. The summed E-state index contributed by atoms with van der Waals surface area (Å²) in [5.41, 5.74) is 1.94. The van der Waals surface area contributed by atoms with Crippen LogP contribution >= 0.6 is 0 Å². The molecule has 0 radical (unpaired) electrons. The van der Waals surface area contributed by atoms with Crippen molar-refractivity contribution in [3.63, 3.8) is 0 Å². The van der Waals surface area contributed by atoms with E-state index in [4.69, 9.17) is 0 Å². The van der Waals surface area contributed by atoms with Gasteiger partial charge in [0.25, 0.3) is 11.5 Å². The van der Waals surface area contributed by atoms with Gasteiger partial charge in [-0.2, -0.15) is 0 Å². The molecule has 29 heavy (non-hydrogen) atoms. The molecule has 0 unspecified atom stereocenters. The van der Waals surface area contributed by atoms with Crippen LogP contribution in [0.5, 0.6) is 0 Å². The van der Waals surface area contributed by atoms with Crippen molar-refractivity contribution >= 4 is 11.7 Å². The molecule has 0 fully saturated rings. The molecule has 1 atom stereocenters. The highest BCUT2D eigenvalue weighted by Gasteiger charge is 2.34. The molecule has 0 spiro atoms. The van der Waals surface area contributed by atoms with E-state index in [2.05, 4.69) is 0 Å². The Balaban J connectivity index is 1.72. The van der Waals surface area contributed by atoms with Crippen molar-refractivity contribution in [2.45, 2.75) is 19.0 Å². The second-order valence-electron chi connectivity index (χ2n) is 7.00. The first-order chi connectivity index (χ1) is 14.0. The van der Waals surface area contributed by atoms with Crippen molar-refractivity contribution in [3.05, 3.63) is 106 Å². The molecule has 0 N–H and O–H groups in total. The van der Waals surface area contributed by atoms with Crippen molar-refractivity contribution in [3.8, 4) is 0 Å². The number of aromatic nitrogens is 1. The third-order valence-corrected chi connectivity index (χ3v) is 5.18. The van der Waals surface area contributed by atoms with Gasteiger partial charge in [-0.1, -0.05) is 30.3 Å². The third kappa shape index (κ3) is 3.74. The number of rotatable bonds is 4. The second-order valence-corrected chi connectivity index (χ2v) is 7.00. The fourth-order valence-corrected chi connectivity index (χ4v) is 3.64. The van der Waals surface area contributed by atoms with Crippen LogP contribution in [-0.4, -0.2) is 27.7 Å². The molecule has 2 heterocycles. The van der Waals surface area contributed by atoms with Crippen molar-refractivity contribution in [1.82, 2.24) is 9.47 Å². The van der Waals surface area contributed by atoms with Crippen LogP contribution in [-0.2, 0) is 17.8 Å². The van der Waals surface area contributed by atoms with E-state index in [9.17, 15) is 18.8 Å². The van der Waals surface area contributed by atoms with E-state index in [0.717, 1.165) is 10.1 Å². The summed E-state index contributed by atoms with van der Waals surface area (Å²) in [6.45, 7) is 0.842. The van der Waals surface area contributed by atoms with Crippen molar-refractivity contribution < 1.29 is 14.0 Å². The van der Waals surface area contributed by atoms with E-state index in [1.807, 2.05) is 24.3 Å². The Labute approximate surface area is 167 Å². The van der Waals surface area contributed by atoms with Gasteiger partial charge in [-0.25, -0.2) is 4.39 Å². The molecule has 0 aliphatic carbocycles. The van der Waals surface area contributed by atoms with Crippen LogP contribution in [0, 0.1) is 5.82 Å². The third-order valence-electron chi connectivity index (χ3n) is 5.18. The number of benzene rings is 2. The summed E-state index contributed by atoms with van der Waals surface area (Å²) in [5, 5.41) is 0. The lowest BCUT2D eigenvalue weighted by molar-refractivity contribution is -0.134. The minimum absolute atomic E-state index is 0.179. The largest absolute Gasteiger partial charge is 0.336 e. The van der Waals surface area contributed by atoms with Crippen LogP contribution in [0.25, 0.3) is 0 Å². The normalized spacial score (nSPS) is 14.2. The summed E-state index contributed by atoms with van der Waals surface area (Å²) < 4.78 is 14.4. The molecule has 0 saturated carbocycles. The quantitative estimate of drug-likeness (QED) is 0.508. The maximum atomic E-state index is 13.4. The number of hydrogen-bond acceptors (Lipinski definition) is 3. The molecule has 0 saturated heterocycles. The predicted octanol–water partition coefficient (Wildman–Crippen LogP) is 3.00. The summed E-state index contributed by atoms with van der Waals surface area (Å²) in [4.78, 5) is 40.6. The van der Waals surface area contributed by atoms with Gasteiger partial charge >= 0.3 is 0 Å². The number of nitrogens with zero attached hydrogens (tertiary/aromatic N) is 2. The zero-order chi connectivity index (χ0) is 20.4. The van der Waals surface area contributed by atoms with E-state index in [1.54, 1.807) is 17.0 Å². The van der Waals surface area contributed by atoms with E-state index in [0.29, 0.717) is 19.5 Å². The molecule has 4 rings (SSSR count). The molecular formula is C23H19FN2O3.